The summed E-state index contributed by atoms with van der Waals surface area (Å²) in [4.78, 5) is 31.1. The number of allylic oxidation sites excluding steroid dienone is 1. The highest BCUT2D eigenvalue weighted by Gasteiger charge is 2.35. The molecule has 10 heteroatoms. The smallest absolute Gasteiger partial charge is 0.235 e. The fourth-order valence-electron chi connectivity index (χ4n) is 5.59. The minimum absolute atomic E-state index is 0.0238. The van der Waals surface area contributed by atoms with Crippen LogP contribution in [0.5, 0.6) is 0 Å². The van der Waals surface area contributed by atoms with E-state index in [1.165, 1.54) is 16.7 Å². The summed E-state index contributed by atoms with van der Waals surface area (Å²) in [5, 5.41) is 1.59. The van der Waals surface area contributed by atoms with Crippen molar-refractivity contribution >= 4 is 39.6 Å². The third kappa shape index (κ3) is 3.79. The number of ketones is 2. The van der Waals surface area contributed by atoms with Crippen molar-refractivity contribution in [3.8, 4) is 17.1 Å². The number of aryl methyl sites for hydroxylation is 2. The van der Waals surface area contributed by atoms with E-state index in [4.69, 9.17) is 4.42 Å². The maximum Gasteiger partial charge on any atom is 0.235 e. The summed E-state index contributed by atoms with van der Waals surface area (Å²) in [5.41, 5.74) is 1.29. The number of hydrogen-bond donors (Lipinski definition) is 0. The first-order valence-corrected chi connectivity index (χ1v) is 13.0. The van der Waals surface area contributed by atoms with E-state index in [0.717, 1.165) is 21.9 Å². The lowest BCUT2D eigenvalue weighted by atomic mass is 10.0. The Hall–Kier alpha value is -5.38. The van der Waals surface area contributed by atoms with E-state index in [2.05, 4.69) is 4.98 Å². The fraction of sp³-hybridized carbons (Fsp3) is 0.0606. The molecule has 1 aliphatic rings. The number of fused-ring (bicyclic) bond motifs is 3. The third-order valence-electron chi connectivity index (χ3n) is 7.63. The first-order chi connectivity index (χ1) is 20.6. The molecule has 2 aromatic heterocycles. The van der Waals surface area contributed by atoms with Crippen molar-refractivity contribution in [2.45, 2.75) is 13.8 Å². The number of halogens is 5. The Kier molecular flexibility index (Phi) is 5.74. The quantitative estimate of drug-likeness (QED) is 0.0692. The van der Waals surface area contributed by atoms with Crippen LogP contribution >= 0.6 is 0 Å². The van der Waals surface area contributed by atoms with E-state index < -0.39 is 52.1 Å². The predicted molar refractivity (Wildman–Crippen MR) is 149 cm³/mol. The van der Waals surface area contributed by atoms with Gasteiger partial charge in [0.05, 0.1) is 17.0 Å². The van der Waals surface area contributed by atoms with E-state index in [0.29, 0.717) is 5.69 Å². The Balaban J connectivity index is 1.46. The van der Waals surface area contributed by atoms with Crippen molar-refractivity contribution in [1.82, 2.24) is 9.55 Å². The number of nitrogens with zero attached hydrogens (tertiary/aromatic N) is 2. The lowest BCUT2D eigenvalue weighted by molar-refractivity contribution is 0.0990. The Morgan fingerprint density at radius 1 is 0.721 bits per heavy atom. The fourth-order valence-corrected chi connectivity index (χ4v) is 5.59. The van der Waals surface area contributed by atoms with E-state index in [1.54, 1.807) is 44.2 Å². The van der Waals surface area contributed by atoms with Gasteiger partial charge in [0.15, 0.2) is 46.1 Å². The number of Topliss-reactive ketones (excluding diaryl/α,β-unsaturated/α-hetero) is 2. The molecule has 43 heavy (non-hydrogen) atoms. The highest BCUT2D eigenvalue weighted by molar-refractivity contribution is 6.42. The lowest BCUT2D eigenvalue weighted by Gasteiger charge is -2.14. The second-order valence-corrected chi connectivity index (χ2v) is 10.3. The van der Waals surface area contributed by atoms with Gasteiger partial charge in [-0.15, -0.1) is 0 Å². The predicted octanol–water partition coefficient (Wildman–Crippen LogP) is 8.21. The molecule has 0 aliphatic heterocycles. The molecule has 2 heterocycles. The van der Waals surface area contributed by atoms with Crippen LogP contribution in [0.15, 0.2) is 70.7 Å². The van der Waals surface area contributed by atoms with E-state index >= 15 is 0 Å². The van der Waals surface area contributed by atoms with Crippen molar-refractivity contribution in [3.63, 3.8) is 0 Å². The molecule has 7 rings (SSSR count). The maximum absolute atomic E-state index is 14.6. The van der Waals surface area contributed by atoms with Crippen LogP contribution in [-0.4, -0.2) is 21.1 Å². The molecule has 212 valence electrons. The molecule has 0 fully saturated rings. The number of para-hydroxylation sites is 1. The van der Waals surface area contributed by atoms with Crippen LogP contribution in [-0.2, 0) is 0 Å². The summed E-state index contributed by atoms with van der Waals surface area (Å²) in [6.45, 7) is 3.59. The van der Waals surface area contributed by atoms with Crippen molar-refractivity contribution in [3.05, 3.63) is 123 Å². The molecular formula is C33H17F5N2O3. The maximum atomic E-state index is 14.6. The largest absolute Gasteiger partial charge is 0.434 e. The van der Waals surface area contributed by atoms with Gasteiger partial charge >= 0.3 is 0 Å². The van der Waals surface area contributed by atoms with Crippen LogP contribution in [0, 0.1) is 42.9 Å². The SMILES string of the molecule is Cc1cccc(C)c1-n1c(C=C2C(=O)c3cc4ccccc4cc3C2=O)cc2oc(-c3c(F)c(F)c(F)c(F)c3F)nc21. The van der Waals surface area contributed by atoms with Gasteiger partial charge in [-0.25, -0.2) is 22.0 Å². The summed E-state index contributed by atoms with van der Waals surface area (Å²) in [6, 6.07) is 17.4. The van der Waals surface area contributed by atoms with Crippen molar-refractivity contribution < 1.29 is 36.0 Å². The molecule has 4 aromatic carbocycles. The highest BCUT2D eigenvalue weighted by atomic mass is 19.2. The number of benzene rings is 4. The van der Waals surface area contributed by atoms with Gasteiger partial charge in [-0.2, -0.15) is 4.98 Å². The van der Waals surface area contributed by atoms with Crippen LogP contribution in [0.25, 0.3) is 45.2 Å². The molecule has 0 bridgehead atoms. The molecule has 0 radical (unpaired) electrons. The molecule has 0 amide bonds. The summed E-state index contributed by atoms with van der Waals surface area (Å²) >= 11 is 0. The van der Waals surface area contributed by atoms with Gasteiger partial charge in [0.1, 0.15) is 5.56 Å². The minimum Gasteiger partial charge on any atom is -0.434 e. The van der Waals surface area contributed by atoms with Crippen LogP contribution in [0.1, 0.15) is 37.5 Å². The van der Waals surface area contributed by atoms with Gasteiger partial charge in [-0.05, 0) is 54.0 Å². The van der Waals surface area contributed by atoms with Gasteiger partial charge in [-0.1, -0.05) is 42.5 Å². The number of rotatable bonds is 3. The second-order valence-electron chi connectivity index (χ2n) is 10.3. The first-order valence-electron chi connectivity index (χ1n) is 13.0. The molecule has 0 spiro atoms. The summed E-state index contributed by atoms with van der Waals surface area (Å²) < 4.78 is 78.0. The Bertz CT molecular complexity index is 2160. The van der Waals surface area contributed by atoms with Gasteiger partial charge < -0.3 is 4.42 Å². The zero-order valence-electron chi connectivity index (χ0n) is 22.4. The first kappa shape index (κ1) is 26.5. The number of carbonyl (C=O) groups excluding carboxylic acids is 2. The van der Waals surface area contributed by atoms with Gasteiger partial charge in [0, 0.05) is 17.2 Å². The number of aromatic nitrogens is 2. The number of hydrogen-bond acceptors (Lipinski definition) is 4. The van der Waals surface area contributed by atoms with Crippen LogP contribution in [0.3, 0.4) is 0 Å². The number of oxazole rings is 1. The topological polar surface area (TPSA) is 65.1 Å². The molecule has 5 nitrogen and oxygen atoms in total. The van der Waals surface area contributed by atoms with Crippen LogP contribution in [0.4, 0.5) is 22.0 Å². The van der Waals surface area contributed by atoms with Crippen LogP contribution in [0.2, 0.25) is 0 Å². The summed E-state index contributed by atoms with van der Waals surface area (Å²) in [7, 11) is 0. The molecule has 1 aliphatic carbocycles. The molecule has 6 aromatic rings. The third-order valence-corrected chi connectivity index (χ3v) is 7.63. The highest BCUT2D eigenvalue weighted by Crippen LogP contribution is 2.38. The second kappa shape index (κ2) is 9.32. The summed E-state index contributed by atoms with van der Waals surface area (Å²) in [5.74, 6) is -12.5. The molecule has 0 unspecified atom stereocenters. The average molecular weight is 585 g/mol. The Labute approximate surface area is 239 Å². The molecular weight excluding hydrogens is 567 g/mol. The summed E-state index contributed by atoms with van der Waals surface area (Å²) in [6.07, 6.45) is 1.39. The molecule has 0 N–H and O–H groups in total. The molecule has 0 saturated carbocycles. The number of carbonyl (C=O) groups is 2. The van der Waals surface area contributed by atoms with Crippen molar-refractivity contribution in [2.75, 3.05) is 0 Å². The average Bonchev–Trinajstić information content (AvgIpc) is 3.61. The van der Waals surface area contributed by atoms with Crippen LogP contribution < -0.4 is 0 Å². The molecule has 0 saturated heterocycles. The monoisotopic (exact) mass is 584 g/mol. The van der Waals surface area contributed by atoms with Crippen molar-refractivity contribution in [1.29, 1.82) is 0 Å². The zero-order valence-corrected chi connectivity index (χ0v) is 22.4. The Morgan fingerprint density at radius 3 is 1.81 bits per heavy atom. The van der Waals surface area contributed by atoms with E-state index in [1.807, 2.05) is 24.3 Å². The normalized spacial score (nSPS) is 13.0. The standard InChI is InChI=1S/C33H17F5N2O3/c1-14-6-5-7-15(2)29(14)40-18(12-21-30(41)19-10-16-8-3-4-9-17(16)11-20(19)31(21)42)13-22-32(40)39-33(43-22)23-24(34)26(36)28(38)27(37)25(23)35/h3-13H,1-2H3. The lowest BCUT2D eigenvalue weighted by Crippen LogP contribution is -2.06. The Morgan fingerprint density at radius 2 is 1.26 bits per heavy atom. The minimum atomic E-state index is -2.30. The van der Waals surface area contributed by atoms with Crippen molar-refractivity contribution in [2.24, 2.45) is 0 Å². The van der Waals surface area contributed by atoms with Gasteiger partial charge in [0.2, 0.25) is 11.7 Å². The van der Waals surface area contributed by atoms with E-state index in [-0.39, 0.29) is 33.6 Å². The zero-order chi connectivity index (χ0) is 30.3. The van der Waals surface area contributed by atoms with Gasteiger partial charge in [-0.3, -0.25) is 14.2 Å². The van der Waals surface area contributed by atoms with Gasteiger partial charge in [0.25, 0.3) is 0 Å². The molecule has 0 atom stereocenters. The van der Waals surface area contributed by atoms with E-state index in [9.17, 15) is 31.5 Å².